The van der Waals surface area contributed by atoms with Crippen LogP contribution in [0, 0.1) is 6.92 Å². The number of benzene rings is 1. The van der Waals surface area contributed by atoms with Crippen LogP contribution in [0.5, 0.6) is 0 Å². The molecule has 0 spiro atoms. The third-order valence-electron chi connectivity index (χ3n) is 1.76. The quantitative estimate of drug-likeness (QED) is 0.510. The summed E-state index contributed by atoms with van der Waals surface area (Å²) in [7, 11) is 1.08. The molecule has 0 aliphatic heterocycles. The Hall–Kier alpha value is -0.0700. The van der Waals surface area contributed by atoms with E-state index in [1.54, 1.807) is 0 Å². The molecule has 0 heterocycles. The number of rotatable bonds is 0. The zero-order valence-electron chi connectivity index (χ0n) is 8.96. The maximum atomic E-state index is 2.20. The van der Waals surface area contributed by atoms with Gasteiger partial charge in [-0.1, -0.05) is 26.1 Å². The fourth-order valence-corrected chi connectivity index (χ4v) is 1.31. The molecule has 0 unspecified atom stereocenters. The molecule has 0 N–H and O–H groups in total. The van der Waals surface area contributed by atoms with Crippen LogP contribution in [0.3, 0.4) is 0 Å². The molecule has 0 saturated heterocycles. The first-order valence-electron chi connectivity index (χ1n) is 4.48. The van der Waals surface area contributed by atoms with Crippen molar-refractivity contribution in [2.75, 3.05) is 0 Å². The first kappa shape index (κ1) is 13.9. The maximum absolute atomic E-state index is 2.20. The van der Waals surface area contributed by atoms with Gasteiger partial charge < -0.3 is 0 Å². The summed E-state index contributed by atoms with van der Waals surface area (Å²) in [5.74, 6) is 0. The second kappa shape index (κ2) is 7.25. The van der Waals surface area contributed by atoms with Gasteiger partial charge in [-0.05, 0) is 0 Å². The van der Waals surface area contributed by atoms with E-state index in [2.05, 4.69) is 56.4 Å². The molecule has 0 aromatic heterocycles. The molecule has 72 valence electrons. The average Bonchev–Trinajstić information content (AvgIpc) is 2.45. The summed E-state index contributed by atoms with van der Waals surface area (Å²) in [6.45, 7) is 6.43. The van der Waals surface area contributed by atoms with Crippen LogP contribution in [0.1, 0.15) is 5.56 Å². The molecular formula is C12H15SiZr-. The van der Waals surface area contributed by atoms with Crippen molar-refractivity contribution in [1.29, 1.82) is 0 Å². The molecular weight excluding hydrogens is 263 g/mol. The average molecular weight is 279 g/mol. The molecule has 2 heteroatoms. The smallest absolute Gasteiger partial charge is 0.0307 e. The summed E-state index contributed by atoms with van der Waals surface area (Å²) in [5.41, 5.74) is 1.35. The van der Waals surface area contributed by atoms with E-state index < -0.39 is 0 Å². The van der Waals surface area contributed by atoms with Gasteiger partial charge in [0.05, 0.1) is 0 Å². The maximum Gasteiger partial charge on any atom is 0.0307 e. The minimum atomic E-state index is 0. The third-order valence-corrected chi connectivity index (χ3v) is 1.76. The predicted molar refractivity (Wildman–Crippen MR) is 61.8 cm³/mol. The van der Waals surface area contributed by atoms with Crippen molar-refractivity contribution in [3.05, 3.63) is 42.0 Å². The summed E-state index contributed by atoms with van der Waals surface area (Å²) in [4.78, 5) is 0. The topological polar surface area (TPSA) is 0 Å². The number of hydrogen-bond acceptors (Lipinski definition) is 0. The van der Waals surface area contributed by atoms with Crippen molar-refractivity contribution in [3.8, 4) is 0 Å². The van der Waals surface area contributed by atoms with E-state index in [9.17, 15) is 0 Å². The van der Waals surface area contributed by atoms with Crippen LogP contribution >= 0.6 is 0 Å². The zero-order valence-corrected chi connectivity index (χ0v) is 12.4. The third kappa shape index (κ3) is 3.98. The number of fused-ring (bicyclic) bond motifs is 1. The van der Waals surface area contributed by atoms with Gasteiger partial charge in [0.15, 0.2) is 0 Å². The standard InChI is InChI=1S/C10H9.C2H6Si.Zr/c1-8-6-9-4-2-3-5-10(9)7-8;1-3-2;/h2-7H,1H3;1-2H3;/q-1;;. The molecule has 0 nitrogen and oxygen atoms in total. The number of hydrogen-bond donors (Lipinski definition) is 0. The summed E-state index contributed by atoms with van der Waals surface area (Å²) >= 11 is 0. The Bertz CT molecular complexity index is 332. The summed E-state index contributed by atoms with van der Waals surface area (Å²) in [6.07, 6.45) is 0. The Morgan fingerprint density at radius 2 is 1.71 bits per heavy atom. The van der Waals surface area contributed by atoms with Gasteiger partial charge in [0.25, 0.3) is 0 Å². The van der Waals surface area contributed by atoms with E-state index in [0.29, 0.717) is 0 Å². The van der Waals surface area contributed by atoms with E-state index in [1.165, 1.54) is 16.3 Å². The summed E-state index contributed by atoms with van der Waals surface area (Å²) < 4.78 is 0. The Balaban J connectivity index is 0.000000381. The van der Waals surface area contributed by atoms with Crippen molar-refractivity contribution in [3.63, 3.8) is 0 Å². The zero-order chi connectivity index (χ0) is 9.68. The molecule has 0 amide bonds. The first-order valence-corrected chi connectivity index (χ1v) is 6.48. The summed E-state index contributed by atoms with van der Waals surface area (Å²) in [5, 5.41) is 2.69. The van der Waals surface area contributed by atoms with E-state index in [-0.39, 0.29) is 26.2 Å². The molecule has 2 rings (SSSR count). The van der Waals surface area contributed by atoms with E-state index in [0.717, 1.165) is 9.52 Å². The van der Waals surface area contributed by atoms with Gasteiger partial charge >= 0.3 is 0 Å². The molecule has 0 fully saturated rings. The molecule has 0 saturated carbocycles. The minimum absolute atomic E-state index is 0. The molecule has 2 aromatic rings. The minimum Gasteiger partial charge on any atom is -0.165 e. The van der Waals surface area contributed by atoms with Gasteiger partial charge in [0.1, 0.15) is 0 Å². The van der Waals surface area contributed by atoms with Crippen LogP contribution in [0.25, 0.3) is 10.8 Å². The Morgan fingerprint density at radius 3 is 2.29 bits per heavy atom. The van der Waals surface area contributed by atoms with Crippen molar-refractivity contribution in [1.82, 2.24) is 0 Å². The van der Waals surface area contributed by atoms with Crippen LogP contribution in [0.2, 0.25) is 13.1 Å². The van der Waals surface area contributed by atoms with Gasteiger partial charge in [0.2, 0.25) is 0 Å². The summed E-state index contributed by atoms with van der Waals surface area (Å²) in [6, 6.07) is 12.8. The van der Waals surface area contributed by atoms with Crippen LogP contribution in [0.4, 0.5) is 0 Å². The van der Waals surface area contributed by atoms with Crippen LogP contribution in [-0.4, -0.2) is 9.52 Å². The SMILES string of the molecule is C[Si]C.Cc1cc2ccccc2[cH-]1.[Zr]. The molecule has 0 aliphatic rings. The van der Waals surface area contributed by atoms with Crippen molar-refractivity contribution in [2.24, 2.45) is 0 Å². The van der Waals surface area contributed by atoms with Gasteiger partial charge in [0, 0.05) is 35.7 Å². The second-order valence-electron chi connectivity index (χ2n) is 3.16. The fraction of sp³-hybridized carbons (Fsp3) is 0.250. The van der Waals surface area contributed by atoms with E-state index in [1.807, 2.05) is 0 Å². The monoisotopic (exact) mass is 277 g/mol. The van der Waals surface area contributed by atoms with Crippen LogP contribution < -0.4 is 0 Å². The fourth-order valence-electron chi connectivity index (χ4n) is 1.31. The molecule has 2 aromatic carbocycles. The Morgan fingerprint density at radius 1 is 1.14 bits per heavy atom. The van der Waals surface area contributed by atoms with E-state index >= 15 is 0 Å². The second-order valence-corrected chi connectivity index (χ2v) is 4.16. The van der Waals surface area contributed by atoms with Crippen molar-refractivity contribution in [2.45, 2.75) is 20.0 Å². The largest absolute Gasteiger partial charge is 0.165 e. The number of aryl methyl sites for hydroxylation is 1. The molecule has 0 atom stereocenters. The Labute approximate surface area is 108 Å². The molecule has 0 aliphatic carbocycles. The van der Waals surface area contributed by atoms with Gasteiger partial charge in [-0.25, -0.2) is 0 Å². The molecule has 2 radical (unpaired) electrons. The van der Waals surface area contributed by atoms with Gasteiger partial charge in [-0.2, -0.15) is 6.07 Å². The predicted octanol–water partition coefficient (Wildman–Crippen LogP) is 3.65. The van der Waals surface area contributed by atoms with E-state index in [4.69, 9.17) is 0 Å². The van der Waals surface area contributed by atoms with Gasteiger partial charge in [-0.15, -0.1) is 40.6 Å². The van der Waals surface area contributed by atoms with Crippen molar-refractivity contribution >= 4 is 20.3 Å². The van der Waals surface area contributed by atoms with Crippen LogP contribution in [0.15, 0.2) is 36.4 Å². The normalized spacial score (nSPS) is 8.79. The van der Waals surface area contributed by atoms with Gasteiger partial charge in [-0.3, -0.25) is 0 Å². The van der Waals surface area contributed by atoms with Crippen LogP contribution in [-0.2, 0) is 26.2 Å². The molecule has 0 bridgehead atoms. The molecule has 14 heavy (non-hydrogen) atoms. The Kier molecular flexibility index (Phi) is 7.22. The van der Waals surface area contributed by atoms with Crippen molar-refractivity contribution < 1.29 is 26.2 Å². The first-order chi connectivity index (χ1) is 6.27.